The van der Waals surface area contributed by atoms with Crippen LogP contribution in [0.3, 0.4) is 0 Å². The molecule has 0 aromatic heterocycles. The van der Waals surface area contributed by atoms with Crippen molar-refractivity contribution in [3.8, 4) is 0 Å². The highest BCUT2D eigenvalue weighted by Crippen LogP contribution is 2.10. The summed E-state index contributed by atoms with van der Waals surface area (Å²) >= 11 is 0. The maximum absolute atomic E-state index is 12.5. The van der Waals surface area contributed by atoms with Gasteiger partial charge >= 0.3 is 23.9 Å². The van der Waals surface area contributed by atoms with Crippen LogP contribution in [-0.2, 0) is 52.5 Å². The van der Waals surface area contributed by atoms with Crippen LogP contribution in [0.1, 0.15) is 12.8 Å². The van der Waals surface area contributed by atoms with Crippen molar-refractivity contribution in [1.29, 1.82) is 0 Å². The Kier molecular flexibility index (Phi) is 18.5. The molecule has 1 saturated heterocycles. The molecule has 0 radical (unpaired) electrons. The largest absolute Gasteiger partial charge is 0.481 e. The minimum atomic E-state index is -2.22. The number of rotatable bonds is 13. The lowest BCUT2D eigenvalue weighted by Crippen LogP contribution is -2.52. The van der Waals surface area contributed by atoms with Crippen molar-refractivity contribution in [1.82, 2.24) is 15.1 Å². The molecule has 43 heavy (non-hydrogen) atoms. The van der Waals surface area contributed by atoms with Crippen LogP contribution in [-0.4, -0.2) is 170 Å². The number of carboxylic acid groups (broad SMARTS) is 4. The Morgan fingerprint density at radius 2 is 1.05 bits per heavy atom. The summed E-state index contributed by atoms with van der Waals surface area (Å²) in [5.74, 6) is -10.7. The molecular formula is C25H39N3O15. The van der Waals surface area contributed by atoms with Crippen molar-refractivity contribution in [2.45, 2.75) is 18.9 Å². The number of aliphatic carboxylic acids is 4. The Morgan fingerprint density at radius 3 is 1.42 bits per heavy atom. The molecule has 1 aliphatic rings. The summed E-state index contributed by atoms with van der Waals surface area (Å²) in [7, 11) is 0. The molecule has 0 aromatic carbocycles. The van der Waals surface area contributed by atoms with Gasteiger partial charge in [0.2, 0.25) is 5.91 Å². The summed E-state index contributed by atoms with van der Waals surface area (Å²) in [5.41, 5.74) is 0. The molecule has 0 aromatic rings. The predicted octanol–water partition coefficient (Wildman–Crippen LogP) is -2.97. The molecule has 18 nitrogen and oxygen atoms in total. The van der Waals surface area contributed by atoms with Gasteiger partial charge in [0, 0.05) is 32.6 Å². The normalized spacial score (nSPS) is 18.7. The Bertz CT molecular complexity index is 940. The average Bonchev–Trinajstić information content (AvgIpc) is 2.92. The average molecular weight is 622 g/mol. The van der Waals surface area contributed by atoms with E-state index in [1.807, 2.05) is 5.32 Å². The van der Waals surface area contributed by atoms with Crippen molar-refractivity contribution < 1.29 is 72.9 Å². The van der Waals surface area contributed by atoms with Gasteiger partial charge < -0.3 is 44.7 Å². The van der Waals surface area contributed by atoms with Crippen LogP contribution in [0.5, 0.6) is 0 Å². The molecular weight excluding hydrogens is 582 g/mol. The first-order chi connectivity index (χ1) is 20.4. The fourth-order valence-corrected chi connectivity index (χ4v) is 3.78. The third-order valence-electron chi connectivity index (χ3n) is 5.99. The van der Waals surface area contributed by atoms with Crippen molar-refractivity contribution >= 4 is 41.4 Å². The number of carboxylic acids is 4. The number of carbonyl (C=O) groups excluding carboxylic acids is 3. The number of hydrogen-bond donors (Lipinski definition) is 5. The van der Waals surface area contributed by atoms with E-state index in [0.29, 0.717) is 13.1 Å². The molecule has 1 amide bonds. The van der Waals surface area contributed by atoms with Gasteiger partial charge in [-0.1, -0.05) is 0 Å². The monoisotopic (exact) mass is 621 g/mol. The number of amides is 1. The first-order valence-corrected chi connectivity index (χ1v) is 13.4. The number of carbonyl (C=O) groups is 7. The Balaban J connectivity index is 2.61. The van der Waals surface area contributed by atoms with Crippen molar-refractivity contribution in [2.75, 3.05) is 92.1 Å². The van der Waals surface area contributed by atoms with E-state index in [0.717, 1.165) is 0 Å². The summed E-state index contributed by atoms with van der Waals surface area (Å²) in [6, 6.07) is -2.22. The van der Waals surface area contributed by atoms with Gasteiger partial charge in [-0.05, 0) is 0 Å². The molecule has 2 atom stereocenters. The van der Waals surface area contributed by atoms with Crippen LogP contribution < -0.4 is 5.32 Å². The summed E-state index contributed by atoms with van der Waals surface area (Å²) in [4.78, 5) is 83.9. The fourth-order valence-electron chi connectivity index (χ4n) is 3.78. The molecule has 5 N–H and O–H groups in total. The SMILES string of the molecule is O=C(O)CC(CC(=O)CN1CCOCCOCCN(CC(=O)NC(C(=O)O)C(=O)C(=O)O)CCOCCOCC1)C(=O)O. The smallest absolute Gasteiger partial charge is 0.375 e. The van der Waals surface area contributed by atoms with E-state index in [2.05, 4.69) is 0 Å². The van der Waals surface area contributed by atoms with Crippen LogP contribution in [0.4, 0.5) is 0 Å². The second-order valence-corrected chi connectivity index (χ2v) is 9.39. The third-order valence-corrected chi connectivity index (χ3v) is 5.99. The molecule has 1 heterocycles. The number of nitrogens with one attached hydrogen (secondary N) is 1. The minimum absolute atomic E-state index is 0.107. The van der Waals surface area contributed by atoms with E-state index in [-0.39, 0.29) is 79.0 Å². The number of ether oxygens (including phenoxy) is 4. The lowest BCUT2D eigenvalue weighted by atomic mass is 9.99. The maximum atomic E-state index is 12.5. The maximum Gasteiger partial charge on any atom is 0.375 e. The van der Waals surface area contributed by atoms with Crippen LogP contribution in [0.2, 0.25) is 0 Å². The predicted molar refractivity (Wildman–Crippen MR) is 141 cm³/mol. The molecule has 18 heteroatoms. The first kappa shape index (κ1) is 37.5. The van der Waals surface area contributed by atoms with Gasteiger partial charge in [-0.2, -0.15) is 0 Å². The minimum Gasteiger partial charge on any atom is -0.481 e. The Labute approximate surface area is 246 Å². The van der Waals surface area contributed by atoms with Gasteiger partial charge in [-0.15, -0.1) is 0 Å². The molecule has 0 bridgehead atoms. The number of Topliss-reactive ketones (excluding diaryl/α,β-unsaturated/α-hetero) is 2. The van der Waals surface area contributed by atoms with E-state index in [1.165, 1.54) is 0 Å². The molecule has 244 valence electrons. The molecule has 2 unspecified atom stereocenters. The standard InChI is InChI=1S/C25H39N3O15/c29-18(13-17(23(34)35)14-20(31)32)15-27-1-5-40-9-11-42-7-3-28(4-8-43-12-10-41-6-2-27)16-19(30)26-21(24(36)37)22(33)25(38)39/h17,21H,1-16H2,(H,26,30)(H,31,32)(H,34,35)(H,36,37)(H,38,39). The number of ketones is 2. The lowest BCUT2D eigenvalue weighted by molar-refractivity contribution is -0.155. The van der Waals surface area contributed by atoms with Gasteiger partial charge in [-0.25, -0.2) is 9.59 Å². The molecule has 1 aliphatic heterocycles. The molecule has 0 saturated carbocycles. The third kappa shape index (κ3) is 17.2. The second kappa shape index (κ2) is 21.2. The number of nitrogens with zero attached hydrogens (tertiary/aromatic N) is 2. The summed E-state index contributed by atoms with van der Waals surface area (Å²) in [5, 5.41) is 37.8. The summed E-state index contributed by atoms with van der Waals surface area (Å²) in [6.45, 7) is 2.07. The van der Waals surface area contributed by atoms with E-state index in [1.54, 1.807) is 9.80 Å². The summed E-state index contributed by atoms with van der Waals surface area (Å²) in [6.07, 6.45) is -1.07. The zero-order chi connectivity index (χ0) is 32.2. The van der Waals surface area contributed by atoms with E-state index in [9.17, 15) is 38.7 Å². The summed E-state index contributed by atoms with van der Waals surface area (Å²) < 4.78 is 22.1. The highest BCUT2D eigenvalue weighted by atomic mass is 16.5. The second-order valence-electron chi connectivity index (χ2n) is 9.39. The molecule has 1 fully saturated rings. The fraction of sp³-hybridized carbons (Fsp3) is 0.720. The molecule has 0 spiro atoms. The van der Waals surface area contributed by atoms with Crippen molar-refractivity contribution in [3.05, 3.63) is 0 Å². The van der Waals surface area contributed by atoms with E-state index < -0.39 is 66.2 Å². The van der Waals surface area contributed by atoms with Gasteiger partial charge in [0.05, 0.1) is 78.3 Å². The lowest BCUT2D eigenvalue weighted by Gasteiger charge is -2.23. The van der Waals surface area contributed by atoms with Crippen LogP contribution in [0, 0.1) is 5.92 Å². The van der Waals surface area contributed by atoms with Gasteiger partial charge in [0.25, 0.3) is 5.78 Å². The Morgan fingerprint density at radius 1 is 0.605 bits per heavy atom. The van der Waals surface area contributed by atoms with Crippen LogP contribution >= 0.6 is 0 Å². The first-order valence-electron chi connectivity index (χ1n) is 13.4. The highest BCUT2D eigenvalue weighted by Gasteiger charge is 2.33. The van der Waals surface area contributed by atoms with Gasteiger partial charge in [0.1, 0.15) is 5.78 Å². The zero-order valence-electron chi connectivity index (χ0n) is 23.6. The Hall–Kier alpha value is -3.55. The zero-order valence-corrected chi connectivity index (χ0v) is 23.6. The molecule has 1 rings (SSSR count). The van der Waals surface area contributed by atoms with Crippen LogP contribution in [0.15, 0.2) is 0 Å². The van der Waals surface area contributed by atoms with Gasteiger partial charge in [0.15, 0.2) is 6.04 Å². The number of hydrogen-bond acceptors (Lipinski definition) is 13. The van der Waals surface area contributed by atoms with Gasteiger partial charge in [-0.3, -0.25) is 33.8 Å². The highest BCUT2D eigenvalue weighted by molar-refractivity contribution is 6.39. The van der Waals surface area contributed by atoms with E-state index in [4.69, 9.17) is 34.3 Å². The van der Waals surface area contributed by atoms with Crippen molar-refractivity contribution in [2.24, 2.45) is 5.92 Å². The molecule has 0 aliphatic carbocycles. The topological polar surface area (TPSA) is 256 Å². The quantitative estimate of drug-likeness (QED) is 0.102. The van der Waals surface area contributed by atoms with E-state index >= 15 is 0 Å². The van der Waals surface area contributed by atoms with Crippen LogP contribution in [0.25, 0.3) is 0 Å². The van der Waals surface area contributed by atoms with Crippen molar-refractivity contribution in [3.63, 3.8) is 0 Å².